The van der Waals surface area contributed by atoms with Crippen LogP contribution in [-0.2, 0) is 4.79 Å². The number of nitrogens with one attached hydrogen (secondary N) is 1. The maximum absolute atomic E-state index is 12.2. The summed E-state index contributed by atoms with van der Waals surface area (Å²) in [6.45, 7) is 6.67. The van der Waals surface area contributed by atoms with Crippen LogP contribution < -0.4 is 5.32 Å². The quantitative estimate of drug-likeness (QED) is 0.683. The number of hydrogen-bond donors (Lipinski definition) is 1. The van der Waals surface area contributed by atoms with Crippen LogP contribution >= 0.6 is 11.6 Å². The van der Waals surface area contributed by atoms with Crippen LogP contribution in [0, 0.1) is 11.3 Å². The lowest BCUT2D eigenvalue weighted by Crippen LogP contribution is -2.44. The third-order valence-corrected chi connectivity index (χ3v) is 3.98. The van der Waals surface area contributed by atoms with Gasteiger partial charge in [0.2, 0.25) is 0 Å². The highest BCUT2D eigenvalue weighted by Gasteiger charge is 2.16. The molecule has 116 valence electrons. The van der Waals surface area contributed by atoms with Gasteiger partial charge in [-0.1, -0.05) is 30.7 Å². The van der Waals surface area contributed by atoms with Crippen LogP contribution in [0.2, 0.25) is 5.02 Å². The fourth-order valence-corrected chi connectivity index (χ4v) is 2.46. The van der Waals surface area contributed by atoms with Crippen LogP contribution in [0.25, 0.3) is 0 Å². The molecule has 0 spiro atoms. The summed E-state index contributed by atoms with van der Waals surface area (Å²) in [7, 11) is 0. The number of rotatable bonds is 4. The van der Waals surface area contributed by atoms with E-state index < -0.39 is 5.91 Å². The summed E-state index contributed by atoms with van der Waals surface area (Å²) in [6, 6.07) is 8.92. The van der Waals surface area contributed by atoms with Gasteiger partial charge in [0.05, 0.1) is 10.7 Å². The van der Waals surface area contributed by atoms with Crippen molar-refractivity contribution in [1.82, 2.24) is 9.80 Å². The topological polar surface area (TPSA) is 59.4 Å². The van der Waals surface area contributed by atoms with Crippen molar-refractivity contribution in [3.05, 3.63) is 41.1 Å². The number of carbonyl (C=O) groups is 1. The molecule has 1 aromatic carbocycles. The minimum atomic E-state index is -0.437. The Labute approximate surface area is 135 Å². The van der Waals surface area contributed by atoms with Gasteiger partial charge in [-0.05, 0) is 18.7 Å². The normalized spacial score (nSPS) is 16.2. The van der Waals surface area contributed by atoms with Gasteiger partial charge in [-0.3, -0.25) is 4.79 Å². The van der Waals surface area contributed by atoms with E-state index in [2.05, 4.69) is 17.1 Å². The number of carbonyl (C=O) groups excluding carboxylic acids is 1. The van der Waals surface area contributed by atoms with Crippen molar-refractivity contribution in [3.63, 3.8) is 0 Å². The summed E-state index contributed by atoms with van der Waals surface area (Å²) >= 11 is 6.01. The number of para-hydroxylation sites is 1. The predicted octanol–water partition coefficient (Wildman–Crippen LogP) is 2.32. The highest BCUT2D eigenvalue weighted by Crippen LogP contribution is 2.21. The molecule has 0 bridgehead atoms. The molecule has 1 saturated heterocycles. The van der Waals surface area contributed by atoms with Crippen LogP contribution in [0.4, 0.5) is 5.69 Å². The fraction of sp³-hybridized carbons (Fsp3) is 0.375. The third-order valence-electron chi connectivity index (χ3n) is 3.65. The van der Waals surface area contributed by atoms with Gasteiger partial charge in [0.25, 0.3) is 5.91 Å². The van der Waals surface area contributed by atoms with Gasteiger partial charge in [-0.2, -0.15) is 5.26 Å². The molecule has 0 aromatic heterocycles. The molecule has 1 aliphatic rings. The Morgan fingerprint density at radius 1 is 1.36 bits per heavy atom. The average Bonchev–Trinajstić information content (AvgIpc) is 2.55. The van der Waals surface area contributed by atoms with E-state index in [0.717, 1.165) is 32.7 Å². The molecule has 22 heavy (non-hydrogen) atoms. The molecule has 0 radical (unpaired) electrons. The molecule has 1 N–H and O–H groups in total. The molecule has 5 nitrogen and oxygen atoms in total. The van der Waals surface area contributed by atoms with Crippen molar-refractivity contribution in [1.29, 1.82) is 5.26 Å². The molecule has 1 heterocycles. The molecule has 0 saturated carbocycles. The first-order valence-electron chi connectivity index (χ1n) is 7.28. The highest BCUT2D eigenvalue weighted by atomic mass is 35.5. The number of nitrogens with zero attached hydrogens (tertiary/aromatic N) is 3. The Hall–Kier alpha value is -2.03. The number of anilines is 1. The summed E-state index contributed by atoms with van der Waals surface area (Å²) in [5.74, 6) is -0.437. The second kappa shape index (κ2) is 7.83. The van der Waals surface area contributed by atoms with E-state index in [1.54, 1.807) is 30.5 Å². The van der Waals surface area contributed by atoms with Gasteiger partial charge in [0.1, 0.15) is 11.6 Å². The lowest BCUT2D eigenvalue weighted by molar-refractivity contribution is -0.112. The number of halogens is 1. The van der Waals surface area contributed by atoms with Crippen molar-refractivity contribution >= 4 is 23.2 Å². The Morgan fingerprint density at radius 3 is 2.64 bits per heavy atom. The van der Waals surface area contributed by atoms with Crippen LogP contribution in [-0.4, -0.2) is 48.4 Å². The molecule has 1 fully saturated rings. The number of piperazine rings is 1. The van der Waals surface area contributed by atoms with Crippen molar-refractivity contribution in [2.75, 3.05) is 38.0 Å². The van der Waals surface area contributed by atoms with Crippen LogP contribution in [0.1, 0.15) is 6.92 Å². The molecule has 2 rings (SSSR count). The van der Waals surface area contributed by atoms with Crippen molar-refractivity contribution in [3.8, 4) is 6.07 Å². The Balaban J connectivity index is 2.02. The number of benzene rings is 1. The molecule has 0 unspecified atom stereocenters. The second-order valence-electron chi connectivity index (χ2n) is 5.06. The summed E-state index contributed by atoms with van der Waals surface area (Å²) in [5.41, 5.74) is 0.594. The molecule has 1 aliphatic heterocycles. The summed E-state index contributed by atoms with van der Waals surface area (Å²) in [6.07, 6.45) is 1.64. The molecule has 1 aromatic rings. The molecule has 0 aliphatic carbocycles. The molecule has 0 atom stereocenters. The van der Waals surface area contributed by atoms with E-state index in [4.69, 9.17) is 11.6 Å². The smallest absolute Gasteiger partial charge is 0.267 e. The molecular weight excluding hydrogens is 300 g/mol. The average molecular weight is 319 g/mol. The standard InChI is InChI=1S/C16H19ClN4O/c1-2-20-7-9-21(10-8-20)12-13(11-18)16(22)19-15-6-4-3-5-14(15)17/h3-6,12H,2,7-10H2,1H3,(H,19,22)/b13-12-. The number of nitriles is 1. The van der Waals surface area contributed by atoms with Gasteiger partial charge in [0.15, 0.2) is 0 Å². The largest absolute Gasteiger partial charge is 0.374 e. The third kappa shape index (κ3) is 4.23. The second-order valence-corrected chi connectivity index (χ2v) is 5.47. The monoisotopic (exact) mass is 318 g/mol. The molecule has 1 amide bonds. The lowest BCUT2D eigenvalue weighted by atomic mass is 10.2. The van der Waals surface area contributed by atoms with Crippen molar-refractivity contribution < 1.29 is 4.79 Å². The first kappa shape index (κ1) is 16.3. The number of likely N-dealkylation sites (N-methyl/N-ethyl adjacent to an activating group) is 1. The zero-order valence-electron chi connectivity index (χ0n) is 12.6. The first-order valence-corrected chi connectivity index (χ1v) is 7.66. The van der Waals surface area contributed by atoms with E-state index in [9.17, 15) is 10.1 Å². The summed E-state index contributed by atoms with van der Waals surface area (Å²) in [4.78, 5) is 16.5. The van der Waals surface area contributed by atoms with Gasteiger partial charge in [-0.25, -0.2) is 0 Å². The highest BCUT2D eigenvalue weighted by molar-refractivity contribution is 6.33. The minimum Gasteiger partial charge on any atom is -0.374 e. The van der Waals surface area contributed by atoms with Crippen LogP contribution in [0.15, 0.2) is 36.0 Å². The molecule has 6 heteroatoms. The van der Waals surface area contributed by atoms with E-state index >= 15 is 0 Å². The minimum absolute atomic E-state index is 0.0878. The first-order chi connectivity index (χ1) is 10.6. The van der Waals surface area contributed by atoms with Crippen molar-refractivity contribution in [2.45, 2.75) is 6.92 Å². The van der Waals surface area contributed by atoms with Crippen LogP contribution in [0.3, 0.4) is 0 Å². The Morgan fingerprint density at radius 2 is 2.05 bits per heavy atom. The van der Waals surface area contributed by atoms with Gasteiger partial charge >= 0.3 is 0 Å². The predicted molar refractivity (Wildman–Crippen MR) is 87.5 cm³/mol. The van der Waals surface area contributed by atoms with E-state index in [0.29, 0.717) is 10.7 Å². The van der Waals surface area contributed by atoms with Crippen molar-refractivity contribution in [2.24, 2.45) is 0 Å². The SMILES string of the molecule is CCN1CCN(/C=C(/C#N)C(=O)Nc2ccccc2Cl)CC1. The van der Waals surface area contributed by atoms with E-state index in [1.165, 1.54) is 0 Å². The maximum Gasteiger partial charge on any atom is 0.267 e. The van der Waals surface area contributed by atoms with E-state index in [-0.39, 0.29) is 5.57 Å². The zero-order valence-corrected chi connectivity index (χ0v) is 13.3. The summed E-state index contributed by atoms with van der Waals surface area (Å²) < 4.78 is 0. The van der Waals surface area contributed by atoms with Gasteiger partial charge < -0.3 is 15.1 Å². The van der Waals surface area contributed by atoms with E-state index in [1.807, 2.05) is 11.0 Å². The van der Waals surface area contributed by atoms with Gasteiger partial charge in [0, 0.05) is 32.4 Å². The Bertz CT molecular complexity index is 600. The maximum atomic E-state index is 12.2. The fourth-order valence-electron chi connectivity index (χ4n) is 2.28. The summed E-state index contributed by atoms with van der Waals surface area (Å²) in [5, 5.41) is 12.3. The number of hydrogen-bond acceptors (Lipinski definition) is 4. The molecular formula is C16H19ClN4O. The van der Waals surface area contributed by atoms with Gasteiger partial charge in [-0.15, -0.1) is 0 Å². The lowest BCUT2D eigenvalue weighted by Gasteiger charge is -2.33. The Kier molecular flexibility index (Phi) is 5.82. The van der Waals surface area contributed by atoms with Crippen LogP contribution in [0.5, 0.6) is 0 Å². The zero-order chi connectivity index (χ0) is 15.9. The number of amides is 1.